The van der Waals surface area contributed by atoms with Crippen LogP contribution in [0.25, 0.3) is 0 Å². The summed E-state index contributed by atoms with van der Waals surface area (Å²) < 4.78 is 54.2. The standard InChI is InChI=1S/C57H88O26/c1-9-23(2)46(73)82-44-43(70)52(3,4)17-25-24-10-11-31-53(5)14-13-33(54(6,21-59)30(53)12-15-55(31,7)56(24,8)18-32(63)57(25,44)22-60)78-51-42(81-50-38(68)36(66)35(65)29(19-58)77-50)40(39(69)41(80-51)45(71)72)79-48-28(16-26(61)47(74)83-48)76-49-37(67)34(64)27(62)20-75-49/h9-10,21,25-44,47-51,58,60-70,74H,11-20,22H2,1-8H3,(H,71,72). The van der Waals surface area contributed by atoms with E-state index in [-0.39, 0.29) is 18.8 Å². The summed E-state index contributed by atoms with van der Waals surface area (Å²) in [4.78, 5) is 40.7. The zero-order valence-corrected chi connectivity index (χ0v) is 48.1. The lowest BCUT2D eigenvalue weighted by Crippen LogP contribution is -2.72. The minimum absolute atomic E-state index is 0.125. The lowest BCUT2D eigenvalue weighted by Gasteiger charge is -2.72. The van der Waals surface area contributed by atoms with Gasteiger partial charge in [0, 0.05) is 12.0 Å². The molecule has 9 aliphatic rings. The Labute approximate surface area is 480 Å². The van der Waals surface area contributed by atoms with E-state index >= 15 is 0 Å². The molecule has 4 aliphatic heterocycles. The van der Waals surface area contributed by atoms with Crippen molar-refractivity contribution in [2.45, 2.75) is 242 Å². The molecule has 5 aliphatic carbocycles. The summed E-state index contributed by atoms with van der Waals surface area (Å²) in [5, 5.41) is 155. The minimum atomic E-state index is -2.27. The number of esters is 1. The number of carboxylic acid groups (broad SMARTS) is 1. The highest BCUT2D eigenvalue weighted by Crippen LogP contribution is 2.76. The summed E-state index contributed by atoms with van der Waals surface area (Å²) in [5.41, 5.74) is -4.28. The SMILES string of the molecule is CC=C(C)C(=O)OC1C(O)C(C)(C)CC2C3=CCC4C5(C)CCC(OC6OC(C(=O)O)C(O)C(OC7OC(O)C(O)CC7OC7OCC(O)C(O)C7O)C6OC6OC(CO)C(O)C(O)C6O)C(C)(C=O)C5CCC4(C)C3(C)CC(O)C21CO. The average molecular weight is 1190 g/mol. The van der Waals surface area contributed by atoms with E-state index in [2.05, 4.69) is 26.8 Å². The third-order valence-electron chi connectivity index (χ3n) is 21.9. The Hall–Kier alpha value is -2.75. The van der Waals surface area contributed by atoms with Gasteiger partial charge in [0.2, 0.25) is 0 Å². The van der Waals surface area contributed by atoms with Gasteiger partial charge in [0.25, 0.3) is 0 Å². The molecule has 26 nitrogen and oxygen atoms in total. The molecule has 14 N–H and O–H groups in total. The van der Waals surface area contributed by atoms with Crippen LogP contribution in [0.5, 0.6) is 0 Å². The summed E-state index contributed by atoms with van der Waals surface area (Å²) >= 11 is 0. The zero-order valence-electron chi connectivity index (χ0n) is 48.1. The number of carbonyl (C=O) groups excluding carboxylic acids is 2. The maximum Gasteiger partial charge on any atom is 0.335 e. The molecule has 26 heteroatoms. The van der Waals surface area contributed by atoms with Gasteiger partial charge in [-0.3, -0.25) is 0 Å². The second kappa shape index (κ2) is 23.6. The highest BCUT2D eigenvalue weighted by atomic mass is 16.8. The van der Waals surface area contributed by atoms with E-state index in [1.807, 2.05) is 13.8 Å². The molecule has 4 heterocycles. The molecule has 0 radical (unpaired) electrons. The van der Waals surface area contributed by atoms with Crippen molar-refractivity contribution in [1.29, 1.82) is 0 Å². The van der Waals surface area contributed by atoms with E-state index < -0.39 is 218 Å². The van der Waals surface area contributed by atoms with Crippen molar-refractivity contribution >= 4 is 18.2 Å². The first kappa shape index (κ1) is 64.7. The van der Waals surface area contributed by atoms with Crippen molar-refractivity contribution in [2.24, 2.45) is 50.2 Å². The van der Waals surface area contributed by atoms with E-state index in [1.165, 1.54) is 0 Å². The van der Waals surface area contributed by atoms with Crippen molar-refractivity contribution in [3.63, 3.8) is 0 Å². The van der Waals surface area contributed by atoms with Crippen LogP contribution in [0, 0.1) is 50.2 Å². The summed E-state index contributed by atoms with van der Waals surface area (Å²) in [5.74, 6) is -3.52. The first-order valence-corrected chi connectivity index (χ1v) is 29.0. The molecule has 0 aromatic heterocycles. The van der Waals surface area contributed by atoms with Gasteiger partial charge in [0.1, 0.15) is 85.6 Å². The van der Waals surface area contributed by atoms with Crippen molar-refractivity contribution in [3.05, 3.63) is 23.3 Å². The van der Waals surface area contributed by atoms with Crippen molar-refractivity contribution < 1.29 is 129 Å². The number of allylic oxidation sites excluding steroid dienone is 3. The smallest absolute Gasteiger partial charge is 0.335 e. The molecule has 4 saturated carbocycles. The fourth-order valence-corrected chi connectivity index (χ4v) is 16.6. The van der Waals surface area contributed by atoms with Crippen molar-refractivity contribution in [3.8, 4) is 0 Å². The van der Waals surface area contributed by atoms with Crippen LogP contribution < -0.4 is 0 Å². The monoisotopic (exact) mass is 1190 g/mol. The van der Waals surface area contributed by atoms with Crippen LogP contribution in [0.1, 0.15) is 107 Å². The van der Waals surface area contributed by atoms with Gasteiger partial charge in [0.15, 0.2) is 37.6 Å². The molecule has 0 bridgehead atoms. The van der Waals surface area contributed by atoms with Gasteiger partial charge in [-0.05, 0) is 98.2 Å². The molecule has 30 atom stereocenters. The van der Waals surface area contributed by atoms with Crippen LogP contribution in [-0.4, -0.2) is 245 Å². The quantitative estimate of drug-likeness (QED) is 0.0288. The predicted molar refractivity (Wildman–Crippen MR) is 279 cm³/mol. The Morgan fingerprint density at radius 2 is 1.40 bits per heavy atom. The first-order chi connectivity index (χ1) is 38.8. The van der Waals surface area contributed by atoms with E-state index in [0.29, 0.717) is 37.7 Å². The number of ether oxygens (including phenoxy) is 9. The number of aliphatic hydroxyl groups excluding tert-OH is 13. The van der Waals surface area contributed by atoms with E-state index in [4.69, 9.17) is 42.6 Å². The van der Waals surface area contributed by atoms with E-state index in [0.717, 1.165) is 11.9 Å². The van der Waals surface area contributed by atoms with Gasteiger partial charge in [0.05, 0.1) is 49.0 Å². The third-order valence-corrected chi connectivity index (χ3v) is 21.9. The van der Waals surface area contributed by atoms with Crippen LogP contribution in [0.3, 0.4) is 0 Å². The zero-order chi connectivity index (χ0) is 61.0. The number of hydrogen-bond acceptors (Lipinski definition) is 25. The van der Waals surface area contributed by atoms with Crippen molar-refractivity contribution in [2.75, 3.05) is 19.8 Å². The van der Waals surface area contributed by atoms with Crippen LogP contribution in [0.15, 0.2) is 23.3 Å². The summed E-state index contributed by atoms with van der Waals surface area (Å²) in [6.45, 7) is 13.3. The molecule has 30 unspecified atom stereocenters. The Morgan fingerprint density at radius 3 is 2.04 bits per heavy atom. The van der Waals surface area contributed by atoms with Gasteiger partial charge in [-0.2, -0.15) is 0 Å². The van der Waals surface area contributed by atoms with Crippen LogP contribution >= 0.6 is 0 Å². The molecular formula is C57H88O26. The molecule has 0 spiro atoms. The number of carbonyl (C=O) groups is 3. The Bertz CT molecular complexity index is 2420. The Morgan fingerprint density at radius 1 is 0.723 bits per heavy atom. The predicted octanol–water partition coefficient (Wildman–Crippen LogP) is -2.24. The van der Waals surface area contributed by atoms with Gasteiger partial charge in [-0.25, -0.2) is 9.59 Å². The fraction of sp³-hybridized carbons (Fsp3) is 0.877. The average Bonchev–Trinajstić information content (AvgIpc) is 0.769. The minimum Gasteiger partial charge on any atom is -0.479 e. The Balaban J connectivity index is 1.05. The van der Waals surface area contributed by atoms with Gasteiger partial charge in [-0.15, -0.1) is 0 Å². The third kappa shape index (κ3) is 10.5. The van der Waals surface area contributed by atoms with Crippen LogP contribution in [0.2, 0.25) is 0 Å². The Kier molecular flexibility index (Phi) is 18.4. The van der Waals surface area contributed by atoms with Gasteiger partial charge < -0.3 is 119 Å². The fourth-order valence-electron chi connectivity index (χ4n) is 16.6. The van der Waals surface area contributed by atoms with Gasteiger partial charge in [-0.1, -0.05) is 59.3 Å². The second-order valence-corrected chi connectivity index (χ2v) is 26.7. The first-order valence-electron chi connectivity index (χ1n) is 29.0. The summed E-state index contributed by atoms with van der Waals surface area (Å²) in [6.07, 6.45) is -32.4. The maximum atomic E-state index is 14.1. The number of aliphatic carboxylic acids is 1. The molecular weight excluding hydrogens is 1100 g/mol. The number of fused-ring (bicyclic) bond motifs is 7. The second-order valence-electron chi connectivity index (χ2n) is 26.7. The molecule has 0 aromatic rings. The molecule has 0 amide bonds. The largest absolute Gasteiger partial charge is 0.479 e. The maximum absolute atomic E-state index is 14.1. The number of rotatable bonds is 14. The topological polar surface area (TPSA) is 418 Å². The highest BCUT2D eigenvalue weighted by molar-refractivity contribution is 5.87. The lowest BCUT2D eigenvalue weighted by atomic mass is 9.33. The molecule has 83 heavy (non-hydrogen) atoms. The van der Waals surface area contributed by atoms with E-state index in [9.17, 15) is 85.9 Å². The van der Waals surface area contributed by atoms with Crippen molar-refractivity contribution in [1.82, 2.24) is 0 Å². The van der Waals surface area contributed by atoms with Crippen LogP contribution in [-0.2, 0) is 57.0 Å². The molecule has 8 fully saturated rings. The number of hydrogen-bond donors (Lipinski definition) is 14. The molecule has 9 rings (SSSR count). The molecule has 0 aromatic carbocycles. The number of carboxylic acids is 1. The summed E-state index contributed by atoms with van der Waals surface area (Å²) in [7, 11) is 0. The number of aliphatic hydroxyl groups is 13. The van der Waals surface area contributed by atoms with Gasteiger partial charge >= 0.3 is 11.9 Å². The lowest BCUT2D eigenvalue weighted by molar-refractivity contribution is -0.405. The normalized spacial score (nSPS) is 52.6. The van der Waals surface area contributed by atoms with Crippen LogP contribution in [0.4, 0.5) is 0 Å². The van der Waals surface area contributed by atoms with E-state index in [1.54, 1.807) is 26.8 Å². The number of aldehydes is 1. The highest BCUT2D eigenvalue weighted by Gasteiger charge is 2.74. The molecule has 472 valence electrons. The molecule has 4 saturated heterocycles. The summed E-state index contributed by atoms with van der Waals surface area (Å²) in [6, 6.07) is 0.